The number of amides is 2. The minimum absolute atomic E-state index is 0.0568. The minimum Gasteiger partial charge on any atom is -0.434 e. The molecule has 0 radical (unpaired) electrons. The first-order valence-electron chi connectivity index (χ1n) is 10.3. The van der Waals surface area contributed by atoms with Crippen LogP contribution in [-0.2, 0) is 9.53 Å². The van der Waals surface area contributed by atoms with Crippen molar-refractivity contribution in [3.8, 4) is 5.75 Å². The molecule has 0 bridgehead atoms. The molecule has 1 heterocycles. The quantitative estimate of drug-likeness (QED) is 0.418. The molecule has 2 aromatic carbocycles. The third-order valence-electron chi connectivity index (χ3n) is 4.88. The molecule has 7 heteroatoms. The molecule has 0 aliphatic carbocycles. The average molecular weight is 422 g/mol. The van der Waals surface area contributed by atoms with E-state index in [-0.39, 0.29) is 18.4 Å². The summed E-state index contributed by atoms with van der Waals surface area (Å²) in [6.07, 6.45) is 3.31. The van der Waals surface area contributed by atoms with Crippen LogP contribution < -0.4 is 4.74 Å². The minimum atomic E-state index is -0.778. The van der Waals surface area contributed by atoms with Crippen molar-refractivity contribution in [1.82, 2.24) is 9.80 Å². The predicted octanol–water partition coefficient (Wildman–Crippen LogP) is 3.61. The number of carbonyl (C=O) groups excluding carboxylic acids is 3. The Morgan fingerprint density at radius 1 is 0.903 bits per heavy atom. The average Bonchev–Trinajstić information content (AvgIpc) is 3.05. The maximum absolute atomic E-state index is 12.9. The van der Waals surface area contributed by atoms with Gasteiger partial charge in [0, 0.05) is 37.8 Å². The van der Waals surface area contributed by atoms with Crippen molar-refractivity contribution in [3.63, 3.8) is 0 Å². The van der Waals surface area contributed by atoms with Crippen molar-refractivity contribution >= 4 is 24.0 Å². The van der Waals surface area contributed by atoms with Gasteiger partial charge in [0.2, 0.25) is 5.91 Å². The van der Waals surface area contributed by atoms with E-state index >= 15 is 0 Å². The second-order valence-corrected chi connectivity index (χ2v) is 7.02. The fraction of sp³-hybridized carbons (Fsp3) is 0.292. The van der Waals surface area contributed by atoms with Crippen LogP contribution >= 0.6 is 0 Å². The molecule has 2 aromatic rings. The summed E-state index contributed by atoms with van der Waals surface area (Å²) in [4.78, 5) is 40.3. The van der Waals surface area contributed by atoms with Crippen molar-refractivity contribution in [1.29, 1.82) is 0 Å². The third-order valence-corrected chi connectivity index (χ3v) is 4.88. The van der Waals surface area contributed by atoms with E-state index in [0.29, 0.717) is 43.9 Å². The summed E-state index contributed by atoms with van der Waals surface area (Å²) < 4.78 is 9.74. The molecule has 1 aliphatic rings. The Morgan fingerprint density at radius 2 is 1.58 bits per heavy atom. The Kier molecular flexibility index (Phi) is 7.81. The molecule has 1 saturated heterocycles. The molecular formula is C24H26N2O5. The van der Waals surface area contributed by atoms with Gasteiger partial charge in [0.1, 0.15) is 5.75 Å². The molecule has 0 atom stereocenters. The largest absolute Gasteiger partial charge is 0.513 e. The third kappa shape index (κ3) is 6.44. The maximum atomic E-state index is 12.9. The first-order chi connectivity index (χ1) is 15.1. The van der Waals surface area contributed by atoms with Crippen LogP contribution in [0.1, 0.15) is 29.3 Å². The SMILES string of the molecule is CCOC(=O)Oc1ccc(C(=O)N2CCCN(C(=O)/C=C/c3ccccc3)CC2)cc1. The summed E-state index contributed by atoms with van der Waals surface area (Å²) in [5.41, 5.74) is 1.47. The highest BCUT2D eigenvalue weighted by Gasteiger charge is 2.22. The van der Waals surface area contributed by atoms with Gasteiger partial charge >= 0.3 is 6.16 Å². The molecule has 2 amide bonds. The number of hydrogen-bond donors (Lipinski definition) is 0. The van der Waals surface area contributed by atoms with E-state index in [1.165, 1.54) is 0 Å². The summed E-state index contributed by atoms with van der Waals surface area (Å²) in [6.45, 7) is 4.04. The topological polar surface area (TPSA) is 76.2 Å². The number of nitrogens with zero attached hydrogens (tertiary/aromatic N) is 2. The summed E-state index contributed by atoms with van der Waals surface area (Å²) in [5.74, 6) is 0.142. The first kappa shape index (κ1) is 22.1. The van der Waals surface area contributed by atoms with Crippen LogP contribution in [0, 0.1) is 0 Å². The molecule has 0 aromatic heterocycles. The van der Waals surface area contributed by atoms with E-state index in [9.17, 15) is 14.4 Å². The highest BCUT2D eigenvalue weighted by Crippen LogP contribution is 2.16. The van der Waals surface area contributed by atoms with Crippen molar-refractivity contribution in [2.24, 2.45) is 0 Å². The van der Waals surface area contributed by atoms with E-state index in [0.717, 1.165) is 5.56 Å². The Labute approximate surface area is 181 Å². The van der Waals surface area contributed by atoms with Gasteiger partial charge in [-0.2, -0.15) is 0 Å². The van der Waals surface area contributed by atoms with Crippen LogP contribution in [0.4, 0.5) is 4.79 Å². The van der Waals surface area contributed by atoms with Crippen molar-refractivity contribution in [2.45, 2.75) is 13.3 Å². The molecule has 31 heavy (non-hydrogen) atoms. The lowest BCUT2D eigenvalue weighted by atomic mass is 10.2. The van der Waals surface area contributed by atoms with Gasteiger partial charge in [0.25, 0.3) is 5.91 Å². The summed E-state index contributed by atoms with van der Waals surface area (Å²) >= 11 is 0. The van der Waals surface area contributed by atoms with Gasteiger partial charge in [0.05, 0.1) is 6.61 Å². The summed E-state index contributed by atoms with van der Waals surface area (Å²) in [7, 11) is 0. The molecule has 0 N–H and O–H groups in total. The monoisotopic (exact) mass is 422 g/mol. The van der Waals surface area contributed by atoms with Crippen molar-refractivity contribution in [2.75, 3.05) is 32.8 Å². The van der Waals surface area contributed by atoms with E-state index in [4.69, 9.17) is 9.47 Å². The molecule has 0 unspecified atom stereocenters. The van der Waals surface area contributed by atoms with Gasteiger partial charge in [-0.15, -0.1) is 0 Å². The second-order valence-electron chi connectivity index (χ2n) is 7.02. The van der Waals surface area contributed by atoms with Gasteiger partial charge in [0.15, 0.2) is 0 Å². The second kappa shape index (κ2) is 11.0. The Bertz CT molecular complexity index is 925. The Morgan fingerprint density at radius 3 is 2.29 bits per heavy atom. The van der Waals surface area contributed by atoms with Crippen LogP contribution in [-0.4, -0.2) is 60.6 Å². The maximum Gasteiger partial charge on any atom is 0.513 e. The molecule has 0 saturated carbocycles. The van der Waals surface area contributed by atoms with Crippen LogP contribution in [0.25, 0.3) is 6.08 Å². The van der Waals surface area contributed by atoms with Crippen LogP contribution in [0.3, 0.4) is 0 Å². The molecule has 7 nitrogen and oxygen atoms in total. The number of ether oxygens (including phenoxy) is 2. The summed E-state index contributed by atoms with van der Waals surface area (Å²) in [6, 6.07) is 16.0. The summed E-state index contributed by atoms with van der Waals surface area (Å²) in [5, 5.41) is 0. The zero-order chi connectivity index (χ0) is 22.1. The van der Waals surface area contributed by atoms with Gasteiger partial charge in [-0.05, 0) is 49.2 Å². The van der Waals surface area contributed by atoms with Gasteiger partial charge in [-0.25, -0.2) is 4.79 Å². The van der Waals surface area contributed by atoms with Crippen molar-refractivity contribution in [3.05, 3.63) is 71.8 Å². The van der Waals surface area contributed by atoms with Crippen LogP contribution in [0.2, 0.25) is 0 Å². The van der Waals surface area contributed by atoms with Gasteiger partial charge in [-0.1, -0.05) is 30.3 Å². The Balaban J connectivity index is 1.55. The highest BCUT2D eigenvalue weighted by molar-refractivity contribution is 5.95. The molecule has 0 spiro atoms. The molecular weight excluding hydrogens is 396 g/mol. The van der Waals surface area contributed by atoms with E-state index in [1.54, 1.807) is 53.1 Å². The molecule has 162 valence electrons. The highest BCUT2D eigenvalue weighted by atomic mass is 16.7. The lowest BCUT2D eigenvalue weighted by Crippen LogP contribution is -2.36. The number of rotatable bonds is 5. The van der Waals surface area contributed by atoms with E-state index in [2.05, 4.69) is 0 Å². The standard InChI is InChI=1S/C24H26N2O5/c1-2-30-24(29)31-21-12-10-20(11-13-21)23(28)26-16-6-15-25(17-18-26)22(27)14-9-19-7-4-3-5-8-19/h3-5,7-14H,2,6,15-18H2,1H3/b14-9+. The van der Waals surface area contributed by atoms with Crippen molar-refractivity contribution < 1.29 is 23.9 Å². The predicted molar refractivity (Wildman–Crippen MR) is 117 cm³/mol. The lowest BCUT2D eigenvalue weighted by Gasteiger charge is -2.21. The molecule has 1 aliphatic heterocycles. The van der Waals surface area contributed by atoms with Crippen LogP contribution in [0.5, 0.6) is 5.75 Å². The first-order valence-corrected chi connectivity index (χ1v) is 10.3. The van der Waals surface area contributed by atoms with E-state index in [1.807, 2.05) is 30.3 Å². The zero-order valence-corrected chi connectivity index (χ0v) is 17.5. The normalized spacial score (nSPS) is 14.2. The fourth-order valence-electron chi connectivity index (χ4n) is 3.27. The van der Waals surface area contributed by atoms with E-state index < -0.39 is 6.16 Å². The number of benzene rings is 2. The fourth-order valence-corrected chi connectivity index (χ4v) is 3.27. The number of hydrogen-bond acceptors (Lipinski definition) is 5. The van der Waals surface area contributed by atoms with Gasteiger partial charge in [-0.3, -0.25) is 9.59 Å². The molecule has 3 rings (SSSR count). The molecule has 1 fully saturated rings. The number of carbonyl (C=O) groups is 3. The smallest absolute Gasteiger partial charge is 0.434 e. The zero-order valence-electron chi connectivity index (χ0n) is 17.5. The van der Waals surface area contributed by atoms with Gasteiger partial charge < -0.3 is 19.3 Å². The lowest BCUT2D eigenvalue weighted by molar-refractivity contribution is -0.125. The van der Waals surface area contributed by atoms with Crippen LogP contribution in [0.15, 0.2) is 60.7 Å². The Hall–Kier alpha value is -3.61.